The van der Waals surface area contributed by atoms with Crippen LogP contribution < -0.4 is 10.2 Å². The SMILES string of the molecule is O=C(NCc1ccc(N2CCCCCC2)nc1)c1ccccc1O. The summed E-state index contributed by atoms with van der Waals surface area (Å²) in [7, 11) is 0. The molecule has 0 aliphatic carbocycles. The van der Waals surface area contributed by atoms with E-state index in [4.69, 9.17) is 0 Å². The molecule has 2 aromatic rings. The van der Waals surface area contributed by atoms with Gasteiger partial charge in [-0.15, -0.1) is 0 Å². The topological polar surface area (TPSA) is 65.5 Å². The summed E-state index contributed by atoms with van der Waals surface area (Å²) in [6, 6.07) is 10.5. The molecular weight excluding hydrogens is 302 g/mol. The summed E-state index contributed by atoms with van der Waals surface area (Å²) >= 11 is 0. The average molecular weight is 325 g/mol. The third-order valence-corrected chi connectivity index (χ3v) is 4.34. The highest BCUT2D eigenvalue weighted by Gasteiger charge is 2.12. The van der Waals surface area contributed by atoms with E-state index in [0.29, 0.717) is 6.54 Å². The zero-order valence-corrected chi connectivity index (χ0v) is 13.7. The molecule has 3 rings (SSSR count). The van der Waals surface area contributed by atoms with E-state index in [1.165, 1.54) is 31.7 Å². The molecule has 1 aromatic heterocycles. The second kappa shape index (κ2) is 7.81. The lowest BCUT2D eigenvalue weighted by Crippen LogP contribution is -2.25. The molecule has 0 unspecified atom stereocenters. The van der Waals surface area contributed by atoms with Crippen LogP contribution in [0.4, 0.5) is 5.82 Å². The maximum Gasteiger partial charge on any atom is 0.255 e. The standard InChI is InChI=1S/C19H23N3O2/c23-17-8-4-3-7-16(17)19(24)21-14-15-9-10-18(20-13-15)22-11-5-1-2-6-12-22/h3-4,7-10,13,23H,1-2,5-6,11-12,14H2,(H,21,24). The first kappa shape index (κ1) is 16.3. The fourth-order valence-corrected chi connectivity index (χ4v) is 2.95. The molecule has 126 valence electrons. The molecule has 2 heterocycles. The van der Waals surface area contributed by atoms with Gasteiger partial charge in [-0.25, -0.2) is 4.98 Å². The summed E-state index contributed by atoms with van der Waals surface area (Å²) in [5.74, 6) is 0.710. The van der Waals surface area contributed by atoms with Crippen LogP contribution >= 0.6 is 0 Å². The van der Waals surface area contributed by atoms with Crippen LogP contribution in [0.1, 0.15) is 41.6 Å². The summed E-state index contributed by atoms with van der Waals surface area (Å²) in [4.78, 5) is 19.0. The van der Waals surface area contributed by atoms with Gasteiger partial charge in [0.1, 0.15) is 11.6 Å². The van der Waals surface area contributed by atoms with Crippen LogP contribution in [0.15, 0.2) is 42.6 Å². The molecule has 2 N–H and O–H groups in total. The van der Waals surface area contributed by atoms with Gasteiger partial charge in [0.05, 0.1) is 5.56 Å². The van der Waals surface area contributed by atoms with Crippen molar-refractivity contribution in [1.29, 1.82) is 0 Å². The first-order valence-corrected chi connectivity index (χ1v) is 8.50. The van der Waals surface area contributed by atoms with Crippen molar-refractivity contribution in [1.82, 2.24) is 10.3 Å². The van der Waals surface area contributed by atoms with Gasteiger partial charge < -0.3 is 15.3 Å². The number of rotatable bonds is 4. The molecule has 1 aliphatic rings. The zero-order valence-electron chi connectivity index (χ0n) is 13.7. The highest BCUT2D eigenvalue weighted by atomic mass is 16.3. The number of phenols is 1. The van der Waals surface area contributed by atoms with Gasteiger partial charge in [-0.05, 0) is 36.6 Å². The minimum absolute atomic E-state index is 0.00960. The van der Waals surface area contributed by atoms with Crippen molar-refractivity contribution in [2.75, 3.05) is 18.0 Å². The van der Waals surface area contributed by atoms with Crippen LogP contribution in [0.5, 0.6) is 5.75 Å². The van der Waals surface area contributed by atoms with E-state index < -0.39 is 0 Å². The van der Waals surface area contributed by atoms with Crippen molar-refractivity contribution in [2.45, 2.75) is 32.2 Å². The molecule has 5 nitrogen and oxygen atoms in total. The number of aromatic hydroxyl groups is 1. The average Bonchev–Trinajstić information content (AvgIpc) is 2.90. The number of anilines is 1. The van der Waals surface area contributed by atoms with E-state index in [2.05, 4.69) is 15.2 Å². The Morgan fingerprint density at radius 3 is 2.50 bits per heavy atom. The maximum absolute atomic E-state index is 12.1. The molecule has 0 atom stereocenters. The number of amides is 1. The van der Waals surface area contributed by atoms with Gasteiger partial charge >= 0.3 is 0 Å². The van der Waals surface area contributed by atoms with Crippen molar-refractivity contribution in [2.24, 2.45) is 0 Å². The number of carbonyl (C=O) groups excluding carboxylic acids is 1. The van der Waals surface area contributed by atoms with Gasteiger partial charge in [0, 0.05) is 25.8 Å². The lowest BCUT2D eigenvalue weighted by Gasteiger charge is -2.21. The van der Waals surface area contributed by atoms with Crippen LogP contribution in [0.25, 0.3) is 0 Å². The summed E-state index contributed by atoms with van der Waals surface area (Å²) in [5, 5.41) is 12.5. The molecule has 1 fully saturated rings. The third-order valence-electron chi connectivity index (χ3n) is 4.34. The normalized spacial score (nSPS) is 14.9. The largest absolute Gasteiger partial charge is 0.507 e. The van der Waals surface area contributed by atoms with E-state index in [9.17, 15) is 9.90 Å². The van der Waals surface area contributed by atoms with Crippen LogP contribution in [0.2, 0.25) is 0 Å². The Balaban J connectivity index is 1.58. The van der Waals surface area contributed by atoms with Gasteiger partial charge in [-0.2, -0.15) is 0 Å². The molecule has 0 saturated carbocycles. The monoisotopic (exact) mass is 325 g/mol. The number of hydrogen-bond donors (Lipinski definition) is 2. The first-order chi connectivity index (χ1) is 11.7. The van der Waals surface area contributed by atoms with Gasteiger partial charge in [0.2, 0.25) is 0 Å². The second-order valence-corrected chi connectivity index (χ2v) is 6.13. The number of hydrogen-bond acceptors (Lipinski definition) is 4. The minimum Gasteiger partial charge on any atom is -0.507 e. The summed E-state index contributed by atoms with van der Waals surface area (Å²) in [6.07, 6.45) is 6.85. The minimum atomic E-state index is -0.287. The molecular formula is C19H23N3O2. The van der Waals surface area contributed by atoms with E-state index in [1.54, 1.807) is 18.2 Å². The number of pyridine rings is 1. The molecule has 24 heavy (non-hydrogen) atoms. The van der Waals surface area contributed by atoms with Gasteiger partial charge in [-0.3, -0.25) is 4.79 Å². The Kier molecular flexibility index (Phi) is 5.31. The molecule has 1 amide bonds. The number of benzene rings is 1. The fraction of sp³-hybridized carbons (Fsp3) is 0.368. The molecule has 1 aromatic carbocycles. The van der Waals surface area contributed by atoms with Crippen molar-refractivity contribution >= 4 is 11.7 Å². The highest BCUT2D eigenvalue weighted by Crippen LogP contribution is 2.18. The second-order valence-electron chi connectivity index (χ2n) is 6.13. The zero-order chi connectivity index (χ0) is 16.8. The molecule has 0 bridgehead atoms. The van der Waals surface area contributed by atoms with Crippen LogP contribution in [0, 0.1) is 0 Å². The van der Waals surface area contributed by atoms with Gasteiger partial charge in [-0.1, -0.05) is 31.0 Å². The molecule has 0 spiro atoms. The number of carbonyl (C=O) groups is 1. The van der Waals surface area contributed by atoms with Crippen molar-refractivity contribution in [3.63, 3.8) is 0 Å². The Hall–Kier alpha value is -2.56. The number of aromatic nitrogens is 1. The van der Waals surface area contributed by atoms with Gasteiger partial charge in [0.15, 0.2) is 0 Å². The number of nitrogens with one attached hydrogen (secondary N) is 1. The Labute approximate surface area is 142 Å². The maximum atomic E-state index is 12.1. The van der Waals surface area contributed by atoms with E-state index in [0.717, 1.165) is 24.5 Å². The van der Waals surface area contributed by atoms with Gasteiger partial charge in [0.25, 0.3) is 5.91 Å². The van der Waals surface area contributed by atoms with E-state index in [-0.39, 0.29) is 17.2 Å². The summed E-state index contributed by atoms with van der Waals surface area (Å²) < 4.78 is 0. The lowest BCUT2D eigenvalue weighted by atomic mass is 10.2. The predicted molar refractivity (Wildman–Crippen MR) is 94.2 cm³/mol. The van der Waals surface area contributed by atoms with Crippen LogP contribution in [0.3, 0.4) is 0 Å². The Bertz CT molecular complexity index is 677. The number of phenolic OH excluding ortho intramolecular Hbond substituents is 1. The third kappa shape index (κ3) is 4.04. The molecule has 5 heteroatoms. The van der Waals surface area contributed by atoms with Crippen molar-refractivity contribution < 1.29 is 9.90 Å². The number of nitrogens with zero attached hydrogens (tertiary/aromatic N) is 2. The smallest absolute Gasteiger partial charge is 0.255 e. The van der Waals surface area contributed by atoms with Crippen molar-refractivity contribution in [3.8, 4) is 5.75 Å². The fourth-order valence-electron chi connectivity index (χ4n) is 2.95. The van der Waals surface area contributed by atoms with E-state index >= 15 is 0 Å². The quantitative estimate of drug-likeness (QED) is 0.906. The van der Waals surface area contributed by atoms with Crippen molar-refractivity contribution in [3.05, 3.63) is 53.7 Å². The Morgan fingerprint density at radius 2 is 1.83 bits per heavy atom. The first-order valence-electron chi connectivity index (χ1n) is 8.50. The highest BCUT2D eigenvalue weighted by molar-refractivity contribution is 5.96. The summed E-state index contributed by atoms with van der Waals surface area (Å²) in [5.41, 5.74) is 1.23. The molecule has 0 radical (unpaired) electrons. The lowest BCUT2D eigenvalue weighted by molar-refractivity contribution is 0.0948. The predicted octanol–water partition coefficient (Wildman–Crippen LogP) is 3.10. The van der Waals surface area contributed by atoms with E-state index in [1.807, 2.05) is 18.3 Å². The number of para-hydroxylation sites is 1. The van der Waals surface area contributed by atoms with Crippen LogP contribution in [-0.4, -0.2) is 29.1 Å². The Morgan fingerprint density at radius 1 is 1.08 bits per heavy atom. The molecule has 1 aliphatic heterocycles. The molecule has 1 saturated heterocycles. The summed E-state index contributed by atoms with van der Waals surface area (Å²) in [6.45, 7) is 2.52. The van der Waals surface area contributed by atoms with Crippen LogP contribution in [-0.2, 0) is 6.54 Å².